The number of hydrogen-bond acceptors (Lipinski definition) is 9. The van der Waals surface area contributed by atoms with Crippen LogP contribution in [0.2, 0.25) is 0 Å². The van der Waals surface area contributed by atoms with Gasteiger partial charge in [0.25, 0.3) is 0 Å². The third-order valence-electron chi connectivity index (χ3n) is 20.8. The van der Waals surface area contributed by atoms with E-state index in [0.717, 1.165) is 86.6 Å². The average molecular weight is 890 g/mol. The first-order valence-corrected chi connectivity index (χ1v) is 25.6. The van der Waals surface area contributed by atoms with Crippen molar-refractivity contribution in [2.24, 2.45) is 45.3 Å². The number of nitrogens with two attached hydrogens (primary N) is 1. The second kappa shape index (κ2) is 15.2. The molecule has 9 nitrogen and oxygen atoms in total. The molecule has 8 fully saturated rings. The highest BCUT2D eigenvalue weighted by Gasteiger charge is 2.79. The second-order valence-electron chi connectivity index (χ2n) is 24.8. The van der Waals surface area contributed by atoms with Gasteiger partial charge in [-0.05, 0) is 178 Å². The van der Waals surface area contributed by atoms with Crippen molar-refractivity contribution in [1.29, 1.82) is 0 Å². The number of benzene rings is 2. The van der Waals surface area contributed by atoms with E-state index in [4.69, 9.17) is 10.5 Å². The van der Waals surface area contributed by atoms with Crippen LogP contribution in [0.5, 0.6) is 5.75 Å². The molecule has 7 aliphatic carbocycles. The van der Waals surface area contributed by atoms with E-state index in [1.165, 1.54) is 11.1 Å². The number of nitrogen functional groups attached to an aromatic ring is 1. The van der Waals surface area contributed by atoms with Gasteiger partial charge in [-0.25, -0.2) is 0 Å². The quantitative estimate of drug-likeness (QED) is 0.107. The normalized spacial score (nSPS) is 45.5. The molecule has 15 unspecified atom stereocenters. The monoisotopic (exact) mass is 890 g/mol. The molecule has 0 spiro atoms. The molecule has 2 aromatic carbocycles. The van der Waals surface area contributed by atoms with Crippen LogP contribution in [-0.4, -0.2) is 69.4 Å². The predicted octanol–water partition coefficient (Wildman–Crippen LogP) is 9.20. The predicted molar refractivity (Wildman–Crippen MR) is 255 cm³/mol. The molecule has 2 heterocycles. The van der Waals surface area contributed by atoms with Crippen LogP contribution in [0.4, 0.5) is 5.69 Å². The number of nitrogens with one attached hydrogen (secondary N) is 2. The lowest BCUT2D eigenvalue weighted by atomic mass is 9.31. The second-order valence-corrected chi connectivity index (χ2v) is 24.8. The van der Waals surface area contributed by atoms with Gasteiger partial charge in [0.1, 0.15) is 17.6 Å². The van der Waals surface area contributed by atoms with Gasteiger partial charge in [-0.2, -0.15) is 0 Å². The minimum absolute atomic E-state index is 0.0398. The molecule has 2 aromatic rings. The molecule has 9 aliphatic rings. The number of ether oxygens (including phenoxy) is 1. The number of aliphatic hydroxyl groups is 2. The summed E-state index contributed by atoms with van der Waals surface area (Å²) in [6.45, 7) is 17.1. The molecule has 65 heavy (non-hydrogen) atoms. The zero-order valence-corrected chi connectivity index (χ0v) is 40.7. The van der Waals surface area contributed by atoms with Gasteiger partial charge in [0.05, 0.1) is 22.7 Å². The third-order valence-corrected chi connectivity index (χ3v) is 20.8. The Balaban J connectivity index is 1.01. The number of phenols is 1. The lowest BCUT2D eigenvalue weighted by Gasteiger charge is -2.73. The molecular formula is C56H79N3O6. The summed E-state index contributed by atoms with van der Waals surface area (Å²) in [5.41, 5.74) is 8.26. The highest BCUT2D eigenvalue weighted by atomic mass is 16.6. The smallest absolute Gasteiger partial charge is 0.159 e. The molecule has 0 radical (unpaired) electrons. The van der Waals surface area contributed by atoms with Crippen LogP contribution in [0, 0.1) is 45.3 Å². The van der Waals surface area contributed by atoms with E-state index in [2.05, 4.69) is 70.4 Å². The van der Waals surface area contributed by atoms with Gasteiger partial charge >= 0.3 is 0 Å². The summed E-state index contributed by atoms with van der Waals surface area (Å²) >= 11 is 0. The molecule has 6 saturated carbocycles. The Morgan fingerprint density at radius 1 is 0.938 bits per heavy atom. The first-order chi connectivity index (χ1) is 30.6. The number of fused-ring (bicyclic) bond motifs is 4. The SMILES string of the molecule is CNCc1cc(O)cc(C23CCC45CC6(C)C(CCC7=C(C(C)CC(O)C8OC8(C)C8CCCC8c8cccc(N)c8)C(=O)CC76C)C(C)(C2)C4C(C)(CCCCC(C)(O)CN5)C3=O)c1. The number of allylic oxidation sites excluding steroid dienone is 2. The van der Waals surface area contributed by atoms with Gasteiger partial charge in [-0.3, -0.25) is 9.59 Å². The zero-order valence-electron chi connectivity index (χ0n) is 40.7. The molecule has 9 heteroatoms. The van der Waals surface area contributed by atoms with Crippen molar-refractivity contribution in [3.63, 3.8) is 0 Å². The molecule has 7 N–H and O–H groups in total. The average Bonchev–Trinajstić information content (AvgIpc) is 3.58. The number of epoxide rings is 1. The number of aliphatic hydroxyl groups excluding tert-OH is 1. The maximum atomic E-state index is 15.9. The Morgan fingerprint density at radius 3 is 2.46 bits per heavy atom. The van der Waals surface area contributed by atoms with E-state index in [0.29, 0.717) is 62.8 Å². The van der Waals surface area contributed by atoms with E-state index >= 15 is 4.79 Å². The number of hydrogen-bond donors (Lipinski definition) is 6. The van der Waals surface area contributed by atoms with Crippen LogP contribution in [0.25, 0.3) is 0 Å². The van der Waals surface area contributed by atoms with Crippen molar-refractivity contribution >= 4 is 17.3 Å². The highest BCUT2D eigenvalue weighted by molar-refractivity contribution is 6.01. The minimum Gasteiger partial charge on any atom is -0.508 e. The first-order valence-electron chi connectivity index (χ1n) is 25.6. The van der Waals surface area contributed by atoms with Gasteiger partial charge < -0.3 is 36.4 Å². The molecular weight excluding hydrogens is 811 g/mol. The maximum absolute atomic E-state index is 15.9. The van der Waals surface area contributed by atoms with Crippen molar-refractivity contribution in [3.8, 4) is 5.75 Å². The third kappa shape index (κ3) is 6.61. The van der Waals surface area contributed by atoms with E-state index in [1.54, 1.807) is 0 Å². The largest absolute Gasteiger partial charge is 0.508 e. The van der Waals surface area contributed by atoms with Crippen LogP contribution in [0.3, 0.4) is 0 Å². The van der Waals surface area contributed by atoms with Crippen LogP contribution >= 0.6 is 0 Å². The molecule has 0 aromatic heterocycles. The summed E-state index contributed by atoms with van der Waals surface area (Å²) in [7, 11) is 1.92. The van der Waals surface area contributed by atoms with E-state index in [-0.39, 0.29) is 46.2 Å². The number of β-amino-alcohol motifs (C(OH)–C–C–N with tert-alkyl or cyclic N) is 1. The summed E-state index contributed by atoms with van der Waals surface area (Å²) in [5.74, 6) is 1.59. The van der Waals surface area contributed by atoms with Gasteiger partial charge in [0.15, 0.2) is 5.78 Å². The van der Waals surface area contributed by atoms with Gasteiger partial charge in [0, 0.05) is 41.6 Å². The van der Waals surface area contributed by atoms with E-state index in [1.807, 2.05) is 38.2 Å². The Bertz CT molecular complexity index is 2310. The highest BCUT2D eigenvalue weighted by Crippen LogP contribution is 2.80. The van der Waals surface area contributed by atoms with Gasteiger partial charge in [-0.15, -0.1) is 0 Å². The molecule has 15 atom stereocenters. The summed E-state index contributed by atoms with van der Waals surface area (Å²) < 4.78 is 6.55. The first kappa shape index (κ1) is 45.7. The number of Topliss-reactive ketones (excluding diaryl/α,β-unsaturated/α-hetero) is 2. The van der Waals surface area contributed by atoms with Crippen molar-refractivity contribution in [2.45, 2.75) is 192 Å². The zero-order chi connectivity index (χ0) is 46.3. The molecule has 0 amide bonds. The Labute approximate surface area is 388 Å². The molecule has 5 bridgehead atoms. The topological polar surface area (TPSA) is 157 Å². The standard InChI is InChI=1S/C56H79N3O6/c1-33(23-42(61)46-54(7,65-46)40-16-12-15-39(40)35-13-11-14-37(57)26-35)45-41-17-18-44-51(4)30-55(36-24-34(29-58-8)25-38(60)27-36)21-22-56(31-53(44,6)52(41,5)28-43(45)62)47(51)50(3,48(55)63)20-10-9-19-49(2,64)32-59-56/h11,13-14,24-27,33,39-40,42,44,46-47,58-61,64H,9-10,12,15-23,28-32,57H2,1-8H3. The Morgan fingerprint density at radius 2 is 1.71 bits per heavy atom. The van der Waals surface area contributed by atoms with Crippen molar-refractivity contribution in [2.75, 3.05) is 19.3 Å². The molecule has 2 aliphatic heterocycles. The van der Waals surface area contributed by atoms with Gasteiger partial charge in [-0.1, -0.05) is 77.7 Å². The van der Waals surface area contributed by atoms with Crippen LogP contribution in [0.15, 0.2) is 53.6 Å². The number of ketones is 2. The number of carbonyl (C=O) groups excluding carboxylic acids is 2. The summed E-state index contributed by atoms with van der Waals surface area (Å²) in [5, 5.41) is 42.7. The summed E-state index contributed by atoms with van der Waals surface area (Å²) in [4.78, 5) is 30.8. The lowest BCUT2D eigenvalue weighted by molar-refractivity contribution is -0.218. The number of aromatic hydroxyl groups is 1. The minimum atomic E-state index is -0.889. The van der Waals surface area contributed by atoms with Crippen LogP contribution in [-0.2, 0) is 26.3 Å². The summed E-state index contributed by atoms with van der Waals surface area (Å²) in [6.07, 6.45) is 11.2. The fraction of sp³-hybridized carbons (Fsp3) is 0.714. The van der Waals surface area contributed by atoms with Crippen molar-refractivity contribution in [3.05, 3.63) is 70.3 Å². The lowest BCUT2D eigenvalue weighted by Crippen LogP contribution is -2.75. The number of anilines is 1. The molecule has 11 rings (SSSR count). The number of carbonyl (C=O) groups is 2. The Kier molecular flexibility index (Phi) is 10.7. The van der Waals surface area contributed by atoms with E-state index < -0.39 is 39.1 Å². The maximum Gasteiger partial charge on any atom is 0.159 e. The fourth-order valence-corrected chi connectivity index (χ4v) is 18.4. The fourth-order valence-electron chi connectivity index (χ4n) is 18.4. The Hall–Kier alpha value is -3.08. The summed E-state index contributed by atoms with van der Waals surface area (Å²) in [6, 6.07) is 14.2. The van der Waals surface area contributed by atoms with Crippen LogP contribution < -0.4 is 16.4 Å². The number of rotatable bonds is 9. The number of phenolic OH excluding ortho intramolecular Hbond substituents is 1. The van der Waals surface area contributed by atoms with Crippen molar-refractivity contribution < 1.29 is 29.6 Å². The molecule has 2 saturated heterocycles. The van der Waals surface area contributed by atoms with Crippen molar-refractivity contribution in [1.82, 2.24) is 10.6 Å². The van der Waals surface area contributed by atoms with Crippen LogP contribution in [0.1, 0.15) is 167 Å². The van der Waals surface area contributed by atoms with Gasteiger partial charge in [0.2, 0.25) is 0 Å². The van der Waals surface area contributed by atoms with E-state index in [9.17, 15) is 20.1 Å². The molecule has 354 valence electrons.